The summed E-state index contributed by atoms with van der Waals surface area (Å²) >= 11 is 2.00. The average Bonchev–Trinajstić information content (AvgIpc) is 2.45. The summed E-state index contributed by atoms with van der Waals surface area (Å²) in [6.07, 6.45) is 5.95. The van der Waals surface area contributed by atoms with E-state index in [0.29, 0.717) is 13.0 Å². The molecule has 0 rings (SSSR count). The number of hydrogen-bond acceptors (Lipinski definition) is 4. The number of ether oxygens (including phenoxy) is 1. The maximum absolute atomic E-state index is 11.5. The predicted octanol–water partition coefficient (Wildman–Crippen LogP) is 2.43. The minimum Gasteiger partial charge on any atom is -0.381 e. The molecule has 0 fully saturated rings. The van der Waals surface area contributed by atoms with Crippen LogP contribution in [0.4, 0.5) is 0 Å². The van der Waals surface area contributed by atoms with Crippen LogP contribution in [0.2, 0.25) is 0 Å². The fourth-order valence-corrected chi connectivity index (χ4v) is 2.64. The largest absolute Gasteiger partial charge is 0.381 e. The maximum atomic E-state index is 11.5. The third kappa shape index (κ3) is 15.8. The van der Waals surface area contributed by atoms with Crippen LogP contribution in [0, 0.1) is 0 Å². The fourth-order valence-electron chi connectivity index (χ4n) is 1.68. The van der Waals surface area contributed by atoms with Gasteiger partial charge in [-0.15, -0.1) is 0 Å². The number of unbranched alkanes of at least 4 members (excludes halogenated alkanes) is 1. The van der Waals surface area contributed by atoms with Gasteiger partial charge >= 0.3 is 0 Å². The summed E-state index contributed by atoms with van der Waals surface area (Å²) in [4.78, 5) is 11.5. The molecule has 5 heteroatoms. The quantitative estimate of drug-likeness (QED) is 0.456. The zero-order chi connectivity index (χ0) is 14.9. The number of thioether (sulfide) groups is 1. The van der Waals surface area contributed by atoms with E-state index >= 15 is 0 Å². The Bertz CT molecular complexity index is 216. The second-order valence-corrected chi connectivity index (χ2v) is 6.07. The van der Waals surface area contributed by atoms with Crippen molar-refractivity contribution >= 4 is 17.7 Å². The van der Waals surface area contributed by atoms with E-state index in [-0.39, 0.29) is 5.91 Å². The summed E-state index contributed by atoms with van der Waals surface area (Å²) in [5.41, 5.74) is 0. The van der Waals surface area contributed by atoms with Crippen LogP contribution in [0.25, 0.3) is 0 Å². The Balaban J connectivity index is 3.11. The SMILES string of the molecule is CCCOCCCC(=O)NCCCCSCCCNC. The number of nitrogens with one attached hydrogen (secondary N) is 2. The van der Waals surface area contributed by atoms with Crippen molar-refractivity contribution in [2.75, 3.05) is 44.9 Å². The van der Waals surface area contributed by atoms with Crippen molar-refractivity contribution in [2.24, 2.45) is 0 Å². The van der Waals surface area contributed by atoms with E-state index in [2.05, 4.69) is 17.6 Å². The normalized spacial score (nSPS) is 10.7. The molecule has 20 heavy (non-hydrogen) atoms. The van der Waals surface area contributed by atoms with Crippen LogP contribution in [-0.2, 0) is 9.53 Å². The molecule has 0 atom stereocenters. The first-order valence-corrected chi connectivity index (χ1v) is 9.03. The molecule has 0 saturated carbocycles. The lowest BCUT2D eigenvalue weighted by Gasteiger charge is -2.06. The fraction of sp³-hybridized carbons (Fsp3) is 0.933. The summed E-state index contributed by atoms with van der Waals surface area (Å²) in [6.45, 7) is 5.50. The molecule has 0 aromatic rings. The first-order valence-electron chi connectivity index (χ1n) is 7.88. The van der Waals surface area contributed by atoms with Crippen molar-refractivity contribution < 1.29 is 9.53 Å². The molecule has 0 aliphatic rings. The van der Waals surface area contributed by atoms with Gasteiger partial charge in [0.25, 0.3) is 0 Å². The van der Waals surface area contributed by atoms with Gasteiger partial charge in [-0.05, 0) is 57.2 Å². The molecule has 0 aromatic carbocycles. The number of carbonyl (C=O) groups is 1. The van der Waals surface area contributed by atoms with Crippen LogP contribution in [0.3, 0.4) is 0 Å². The molecule has 120 valence electrons. The Labute approximate surface area is 128 Å². The summed E-state index contributed by atoms with van der Waals surface area (Å²) < 4.78 is 5.34. The highest BCUT2D eigenvalue weighted by atomic mass is 32.2. The Kier molecular flexibility index (Phi) is 16.6. The zero-order valence-corrected chi connectivity index (χ0v) is 14.0. The van der Waals surface area contributed by atoms with Gasteiger partial charge in [0.15, 0.2) is 0 Å². The minimum absolute atomic E-state index is 0.159. The van der Waals surface area contributed by atoms with Crippen molar-refractivity contribution in [3.63, 3.8) is 0 Å². The maximum Gasteiger partial charge on any atom is 0.220 e. The van der Waals surface area contributed by atoms with Crippen molar-refractivity contribution in [1.29, 1.82) is 0 Å². The van der Waals surface area contributed by atoms with E-state index in [1.165, 1.54) is 24.3 Å². The van der Waals surface area contributed by atoms with Crippen LogP contribution < -0.4 is 10.6 Å². The van der Waals surface area contributed by atoms with Crippen LogP contribution in [-0.4, -0.2) is 50.8 Å². The molecule has 0 aliphatic carbocycles. The van der Waals surface area contributed by atoms with Crippen LogP contribution in [0.5, 0.6) is 0 Å². The lowest BCUT2D eigenvalue weighted by molar-refractivity contribution is -0.121. The van der Waals surface area contributed by atoms with Crippen molar-refractivity contribution in [1.82, 2.24) is 10.6 Å². The van der Waals surface area contributed by atoms with E-state index in [0.717, 1.165) is 39.0 Å². The lowest BCUT2D eigenvalue weighted by atomic mass is 10.3. The second kappa shape index (κ2) is 16.8. The monoisotopic (exact) mass is 304 g/mol. The number of hydrogen-bond donors (Lipinski definition) is 2. The molecule has 2 N–H and O–H groups in total. The number of carbonyl (C=O) groups excluding carboxylic acids is 1. The van der Waals surface area contributed by atoms with E-state index in [1.54, 1.807) is 0 Å². The third-order valence-electron chi connectivity index (χ3n) is 2.79. The third-order valence-corrected chi connectivity index (χ3v) is 3.95. The Morgan fingerprint density at radius 3 is 2.60 bits per heavy atom. The molecule has 0 bridgehead atoms. The smallest absolute Gasteiger partial charge is 0.220 e. The topological polar surface area (TPSA) is 50.4 Å². The van der Waals surface area contributed by atoms with Gasteiger partial charge in [-0.2, -0.15) is 11.8 Å². The molecule has 0 aromatic heterocycles. The molecule has 0 heterocycles. The van der Waals surface area contributed by atoms with E-state index in [9.17, 15) is 4.79 Å². The number of amides is 1. The highest BCUT2D eigenvalue weighted by molar-refractivity contribution is 7.99. The van der Waals surface area contributed by atoms with Crippen LogP contribution in [0.1, 0.15) is 45.4 Å². The first kappa shape index (κ1) is 19.7. The second-order valence-electron chi connectivity index (χ2n) is 4.84. The van der Waals surface area contributed by atoms with Gasteiger partial charge < -0.3 is 15.4 Å². The zero-order valence-electron chi connectivity index (χ0n) is 13.2. The first-order chi connectivity index (χ1) is 9.81. The molecule has 0 saturated heterocycles. The van der Waals surface area contributed by atoms with Gasteiger partial charge in [0, 0.05) is 26.2 Å². The van der Waals surface area contributed by atoms with Gasteiger partial charge in [0.2, 0.25) is 5.91 Å². The molecular formula is C15H32N2O2S. The highest BCUT2D eigenvalue weighted by Crippen LogP contribution is 2.05. The summed E-state index contributed by atoms with van der Waals surface area (Å²) in [7, 11) is 1.99. The van der Waals surface area contributed by atoms with Crippen LogP contribution >= 0.6 is 11.8 Å². The molecule has 0 spiro atoms. The molecule has 1 amide bonds. The summed E-state index contributed by atoms with van der Waals surface area (Å²) in [6, 6.07) is 0. The van der Waals surface area contributed by atoms with Crippen molar-refractivity contribution in [2.45, 2.75) is 45.4 Å². The molecule has 0 unspecified atom stereocenters. The van der Waals surface area contributed by atoms with Crippen molar-refractivity contribution in [3.8, 4) is 0 Å². The number of rotatable bonds is 15. The van der Waals surface area contributed by atoms with Crippen molar-refractivity contribution in [3.05, 3.63) is 0 Å². The van der Waals surface area contributed by atoms with Crippen LogP contribution in [0.15, 0.2) is 0 Å². The molecule has 4 nitrogen and oxygen atoms in total. The predicted molar refractivity (Wildman–Crippen MR) is 88.5 cm³/mol. The van der Waals surface area contributed by atoms with Gasteiger partial charge in [0.05, 0.1) is 0 Å². The van der Waals surface area contributed by atoms with E-state index in [1.807, 2.05) is 18.8 Å². The molecular weight excluding hydrogens is 272 g/mol. The van der Waals surface area contributed by atoms with Gasteiger partial charge in [-0.25, -0.2) is 0 Å². The highest BCUT2D eigenvalue weighted by Gasteiger charge is 2.00. The lowest BCUT2D eigenvalue weighted by Crippen LogP contribution is -2.24. The Morgan fingerprint density at radius 1 is 1.05 bits per heavy atom. The average molecular weight is 305 g/mol. The van der Waals surface area contributed by atoms with Gasteiger partial charge in [0.1, 0.15) is 0 Å². The Hall–Kier alpha value is -0.260. The molecule has 0 aliphatic heterocycles. The summed E-state index contributed by atoms with van der Waals surface area (Å²) in [5, 5.41) is 6.12. The molecule has 0 radical (unpaired) electrons. The van der Waals surface area contributed by atoms with E-state index in [4.69, 9.17) is 4.74 Å². The summed E-state index contributed by atoms with van der Waals surface area (Å²) in [5.74, 6) is 2.59. The van der Waals surface area contributed by atoms with Gasteiger partial charge in [-0.1, -0.05) is 6.92 Å². The standard InChI is InChI=1S/C15H32N2O2S/c1-3-11-19-12-6-8-15(18)17-10-4-5-13-20-14-7-9-16-2/h16H,3-14H2,1-2H3,(H,17,18). The Morgan fingerprint density at radius 2 is 1.85 bits per heavy atom. The van der Waals surface area contributed by atoms with E-state index < -0.39 is 0 Å². The van der Waals surface area contributed by atoms with Gasteiger partial charge in [-0.3, -0.25) is 4.79 Å². The minimum atomic E-state index is 0.159.